The fourth-order valence-corrected chi connectivity index (χ4v) is 5.31. The van der Waals surface area contributed by atoms with Gasteiger partial charge in [0.15, 0.2) is 0 Å². The molecule has 6 nitrogen and oxygen atoms in total. The van der Waals surface area contributed by atoms with E-state index in [0.29, 0.717) is 38.4 Å². The predicted octanol–water partition coefficient (Wildman–Crippen LogP) is 8.24. The van der Waals surface area contributed by atoms with Gasteiger partial charge in [0.05, 0.1) is 5.02 Å². The SMILES string of the molecule is C=C(O)c1ccc(C2CC2c2ccc(OC(O)/C(=C(/C)c3c(O)cccc3Cl)N(N)C(C)C)cc2Cl)cc1.CC. The van der Waals surface area contributed by atoms with E-state index in [1.165, 1.54) is 16.6 Å². The average Bonchev–Trinajstić information content (AvgIpc) is 3.70. The van der Waals surface area contributed by atoms with E-state index in [9.17, 15) is 15.3 Å². The van der Waals surface area contributed by atoms with Crippen LogP contribution >= 0.6 is 23.2 Å². The lowest BCUT2D eigenvalue weighted by molar-refractivity contribution is -0.0111. The van der Waals surface area contributed by atoms with E-state index in [1.807, 2.05) is 58.0 Å². The lowest BCUT2D eigenvalue weighted by Crippen LogP contribution is -2.43. The van der Waals surface area contributed by atoms with Crippen molar-refractivity contribution in [2.45, 2.75) is 65.2 Å². The molecule has 3 unspecified atom stereocenters. The molecule has 1 aliphatic carbocycles. The predicted molar refractivity (Wildman–Crippen MR) is 165 cm³/mol. The molecule has 1 aliphatic rings. The molecule has 8 heteroatoms. The Labute approximate surface area is 246 Å². The first-order valence-corrected chi connectivity index (χ1v) is 14.1. The minimum atomic E-state index is -1.45. The van der Waals surface area contributed by atoms with E-state index in [0.717, 1.165) is 12.0 Å². The topological polar surface area (TPSA) is 99.2 Å². The molecule has 3 aromatic carbocycles. The molecule has 3 atom stereocenters. The summed E-state index contributed by atoms with van der Waals surface area (Å²) in [6.07, 6.45) is -0.486. The standard InChI is InChI=1S/C30H32Cl2N2O4.C2H6/c1-16(2)34(33)29(17(3)28-25(31)6-5-7-27(28)36)30(37)38-21-12-13-22(26(32)14-21)24-15-23(24)20-10-8-19(9-11-20)18(4)35;1-2/h5-14,16,23-24,30,35-37H,4,15,33H2,1-3H3;1-2H3/b29-17+;. The molecule has 0 spiro atoms. The number of nitrogens with zero attached hydrogens (tertiary/aromatic N) is 1. The molecule has 1 fully saturated rings. The van der Waals surface area contributed by atoms with Crippen molar-refractivity contribution >= 4 is 34.5 Å². The van der Waals surface area contributed by atoms with Crippen LogP contribution in [0.1, 0.15) is 75.1 Å². The first kappa shape index (κ1) is 31.4. The van der Waals surface area contributed by atoms with Gasteiger partial charge in [-0.25, -0.2) is 5.84 Å². The van der Waals surface area contributed by atoms with Crippen molar-refractivity contribution in [1.29, 1.82) is 0 Å². The number of ether oxygens (including phenoxy) is 1. The van der Waals surface area contributed by atoms with E-state index < -0.39 is 6.29 Å². The summed E-state index contributed by atoms with van der Waals surface area (Å²) in [5.74, 6) is 7.32. The first-order chi connectivity index (χ1) is 19.0. The van der Waals surface area contributed by atoms with Crippen LogP contribution in [0, 0.1) is 0 Å². The maximum absolute atomic E-state index is 11.1. The molecule has 0 bridgehead atoms. The van der Waals surface area contributed by atoms with Crippen molar-refractivity contribution in [2.75, 3.05) is 0 Å². The Morgan fingerprint density at radius 3 is 2.23 bits per heavy atom. The maximum atomic E-state index is 11.1. The number of aliphatic hydroxyl groups excluding tert-OH is 2. The van der Waals surface area contributed by atoms with Crippen LogP contribution in [0.2, 0.25) is 10.0 Å². The number of allylic oxidation sites excluding steroid dienone is 1. The van der Waals surface area contributed by atoms with Crippen LogP contribution in [-0.4, -0.2) is 32.7 Å². The minimum absolute atomic E-state index is 0.0285. The zero-order valence-electron chi connectivity index (χ0n) is 23.5. The van der Waals surface area contributed by atoms with Gasteiger partial charge in [0.2, 0.25) is 6.29 Å². The molecular formula is C32H38Cl2N2O4. The molecule has 0 aromatic heterocycles. The number of aliphatic hydroxyl groups is 2. The number of nitrogens with two attached hydrogens (primary N) is 1. The fraction of sp³-hybridized carbons (Fsp3) is 0.312. The number of aromatic hydroxyl groups is 1. The van der Waals surface area contributed by atoms with Crippen LogP contribution in [0.3, 0.4) is 0 Å². The minimum Gasteiger partial charge on any atom is -0.508 e. The molecular weight excluding hydrogens is 547 g/mol. The molecule has 0 amide bonds. The molecule has 1 saturated carbocycles. The van der Waals surface area contributed by atoms with Crippen molar-refractivity contribution < 1.29 is 20.1 Å². The van der Waals surface area contributed by atoms with Gasteiger partial charge in [0.25, 0.3) is 0 Å². The van der Waals surface area contributed by atoms with Gasteiger partial charge in [-0.05, 0) is 80.0 Å². The van der Waals surface area contributed by atoms with Crippen molar-refractivity contribution in [3.8, 4) is 11.5 Å². The number of rotatable bonds is 9. The number of hydrogen-bond acceptors (Lipinski definition) is 6. The monoisotopic (exact) mass is 584 g/mol. The number of halogens is 2. The summed E-state index contributed by atoms with van der Waals surface area (Å²) in [6, 6.07) is 17.7. The second-order valence-corrected chi connectivity index (χ2v) is 10.6. The Bertz CT molecular complexity index is 1350. The molecule has 0 heterocycles. The quantitative estimate of drug-likeness (QED) is 0.0874. The Kier molecular flexibility index (Phi) is 10.6. The van der Waals surface area contributed by atoms with E-state index in [4.69, 9.17) is 33.8 Å². The Balaban J connectivity index is 0.00000216. The van der Waals surface area contributed by atoms with Crippen LogP contribution in [0.5, 0.6) is 11.5 Å². The highest BCUT2D eigenvalue weighted by atomic mass is 35.5. The van der Waals surface area contributed by atoms with E-state index in [-0.39, 0.29) is 29.2 Å². The molecule has 40 heavy (non-hydrogen) atoms. The summed E-state index contributed by atoms with van der Waals surface area (Å²) in [5.41, 5.74) is 4.00. The molecule has 0 aliphatic heterocycles. The molecule has 214 valence electrons. The summed E-state index contributed by atoms with van der Waals surface area (Å²) >= 11 is 13.0. The highest BCUT2D eigenvalue weighted by molar-refractivity contribution is 6.32. The number of phenolic OH excluding ortho intramolecular Hbond substituents is 1. The Hall–Kier alpha value is -3.16. The lowest BCUT2D eigenvalue weighted by Gasteiger charge is -2.31. The van der Waals surface area contributed by atoms with Crippen molar-refractivity contribution in [1.82, 2.24) is 5.01 Å². The van der Waals surface area contributed by atoms with Gasteiger partial charge in [0, 0.05) is 22.2 Å². The lowest BCUT2D eigenvalue weighted by atomic mass is 10.0. The van der Waals surface area contributed by atoms with E-state index in [2.05, 4.69) is 6.58 Å². The summed E-state index contributed by atoms with van der Waals surface area (Å²) < 4.78 is 5.89. The van der Waals surface area contributed by atoms with Gasteiger partial charge in [-0.15, -0.1) is 0 Å². The third-order valence-electron chi connectivity index (χ3n) is 6.90. The number of benzene rings is 3. The molecule has 0 saturated heterocycles. The summed E-state index contributed by atoms with van der Waals surface area (Å²) in [6.45, 7) is 13.0. The van der Waals surface area contributed by atoms with Crippen LogP contribution in [0.15, 0.2) is 72.9 Å². The van der Waals surface area contributed by atoms with E-state index >= 15 is 0 Å². The second kappa shape index (κ2) is 13.5. The molecule has 0 radical (unpaired) electrons. The largest absolute Gasteiger partial charge is 0.508 e. The maximum Gasteiger partial charge on any atom is 0.240 e. The van der Waals surface area contributed by atoms with Gasteiger partial charge in [-0.1, -0.05) is 80.0 Å². The average molecular weight is 586 g/mol. The Morgan fingerprint density at radius 1 is 1.02 bits per heavy atom. The number of phenols is 1. The molecule has 4 rings (SSSR count). The highest BCUT2D eigenvalue weighted by Gasteiger charge is 2.40. The van der Waals surface area contributed by atoms with Gasteiger partial charge in [-0.2, -0.15) is 0 Å². The Morgan fingerprint density at radius 2 is 1.68 bits per heavy atom. The van der Waals surface area contributed by atoms with Crippen LogP contribution in [0.4, 0.5) is 0 Å². The van der Waals surface area contributed by atoms with Crippen LogP contribution in [0.25, 0.3) is 11.3 Å². The number of hydrogen-bond donors (Lipinski definition) is 4. The van der Waals surface area contributed by atoms with Gasteiger partial charge in [-0.3, -0.25) is 0 Å². The third kappa shape index (κ3) is 6.94. The zero-order chi connectivity index (χ0) is 29.7. The van der Waals surface area contributed by atoms with Gasteiger partial charge < -0.3 is 25.1 Å². The van der Waals surface area contributed by atoms with E-state index in [1.54, 1.807) is 31.2 Å². The number of hydrazine groups is 1. The summed E-state index contributed by atoms with van der Waals surface area (Å²) in [7, 11) is 0. The van der Waals surface area contributed by atoms with Crippen molar-refractivity contribution in [3.05, 3.63) is 105 Å². The molecule has 3 aromatic rings. The van der Waals surface area contributed by atoms with Crippen molar-refractivity contribution in [2.24, 2.45) is 5.84 Å². The second-order valence-electron chi connectivity index (χ2n) is 9.82. The summed E-state index contributed by atoms with van der Waals surface area (Å²) in [4.78, 5) is 0. The zero-order valence-corrected chi connectivity index (χ0v) is 25.0. The third-order valence-corrected chi connectivity index (χ3v) is 7.54. The van der Waals surface area contributed by atoms with Crippen molar-refractivity contribution in [3.63, 3.8) is 0 Å². The molecule has 5 N–H and O–H groups in total. The summed E-state index contributed by atoms with van der Waals surface area (Å²) in [5, 5.41) is 33.4. The first-order valence-electron chi connectivity index (χ1n) is 13.3. The van der Waals surface area contributed by atoms with Crippen LogP contribution in [-0.2, 0) is 0 Å². The fourth-order valence-electron chi connectivity index (χ4n) is 4.69. The van der Waals surface area contributed by atoms with Gasteiger partial charge >= 0.3 is 0 Å². The normalized spacial score (nSPS) is 17.4. The highest BCUT2D eigenvalue weighted by Crippen LogP contribution is 2.56. The smallest absolute Gasteiger partial charge is 0.240 e. The van der Waals surface area contributed by atoms with Crippen LogP contribution < -0.4 is 10.6 Å². The van der Waals surface area contributed by atoms with Gasteiger partial charge in [0.1, 0.15) is 23.0 Å².